The van der Waals surface area contributed by atoms with Gasteiger partial charge in [-0.05, 0) is 76.0 Å². The van der Waals surface area contributed by atoms with Gasteiger partial charge in [0, 0.05) is 12.4 Å². The highest BCUT2D eigenvalue weighted by Gasteiger charge is 2.10. The Kier molecular flexibility index (Phi) is 10.2. The van der Waals surface area contributed by atoms with E-state index in [0.29, 0.717) is 0 Å². The molecule has 0 atom stereocenters. The number of ether oxygens (including phenoxy) is 1. The maximum Gasteiger partial charge on any atom is 0.119 e. The Morgan fingerprint density at radius 3 is 2.67 bits per heavy atom. The van der Waals surface area contributed by atoms with Crippen molar-refractivity contribution >= 4 is 11.6 Å². The van der Waals surface area contributed by atoms with Crippen LogP contribution in [-0.2, 0) is 6.54 Å². The number of alkyl halides is 1. The second-order valence-corrected chi connectivity index (χ2v) is 7.06. The molecule has 0 aromatic heterocycles. The van der Waals surface area contributed by atoms with Crippen LogP contribution in [0.2, 0.25) is 0 Å². The van der Waals surface area contributed by atoms with E-state index in [9.17, 15) is 0 Å². The monoisotopic (exact) mass is 352 g/mol. The number of nitrogens with one attached hydrogen (secondary N) is 1. The number of likely N-dealkylation sites (tertiary alicyclic amines) is 1. The fourth-order valence-corrected chi connectivity index (χ4v) is 3.33. The number of unbranched alkanes of at least 4 members (excludes halogenated alkanes) is 2. The lowest BCUT2D eigenvalue weighted by molar-refractivity contribution is 0.220. The molecule has 3 nitrogen and oxygen atoms in total. The molecule has 1 aliphatic heterocycles. The first-order chi connectivity index (χ1) is 11.9. The minimum atomic E-state index is 0.780. The van der Waals surface area contributed by atoms with Crippen molar-refractivity contribution in [1.82, 2.24) is 10.2 Å². The molecule has 24 heavy (non-hydrogen) atoms. The summed E-state index contributed by atoms with van der Waals surface area (Å²) >= 11 is 5.67. The third kappa shape index (κ3) is 8.36. The summed E-state index contributed by atoms with van der Waals surface area (Å²) in [6.07, 6.45) is 8.68. The Labute approximate surface area is 152 Å². The third-order valence-corrected chi connectivity index (χ3v) is 4.77. The van der Waals surface area contributed by atoms with Crippen LogP contribution in [0.15, 0.2) is 24.3 Å². The molecule has 136 valence electrons. The van der Waals surface area contributed by atoms with Gasteiger partial charge >= 0.3 is 0 Å². The predicted molar refractivity (Wildman–Crippen MR) is 103 cm³/mol. The molecule has 0 saturated carbocycles. The summed E-state index contributed by atoms with van der Waals surface area (Å²) in [4.78, 5) is 2.55. The molecule has 0 aliphatic carbocycles. The van der Waals surface area contributed by atoms with Gasteiger partial charge in [0.25, 0.3) is 0 Å². The van der Waals surface area contributed by atoms with Crippen molar-refractivity contribution in [2.24, 2.45) is 0 Å². The molecule has 1 saturated heterocycles. The lowest BCUT2D eigenvalue weighted by Gasteiger charge is -2.26. The molecule has 1 heterocycles. The first kappa shape index (κ1) is 19.6. The number of halogens is 1. The Morgan fingerprint density at radius 2 is 1.83 bits per heavy atom. The minimum Gasteiger partial charge on any atom is -0.494 e. The van der Waals surface area contributed by atoms with Crippen LogP contribution in [-0.4, -0.2) is 43.6 Å². The number of benzene rings is 1. The van der Waals surface area contributed by atoms with E-state index in [2.05, 4.69) is 34.5 Å². The summed E-state index contributed by atoms with van der Waals surface area (Å²) in [5, 5.41) is 3.47. The lowest BCUT2D eigenvalue weighted by atomic mass is 10.1. The van der Waals surface area contributed by atoms with E-state index >= 15 is 0 Å². The Morgan fingerprint density at radius 1 is 1.00 bits per heavy atom. The number of piperidine rings is 1. The normalized spacial score (nSPS) is 15.5. The third-order valence-electron chi connectivity index (χ3n) is 4.51. The van der Waals surface area contributed by atoms with Crippen LogP contribution in [0, 0.1) is 0 Å². The zero-order chi connectivity index (χ0) is 16.9. The summed E-state index contributed by atoms with van der Waals surface area (Å²) in [6.45, 7) is 6.42. The molecule has 1 N–H and O–H groups in total. The summed E-state index contributed by atoms with van der Waals surface area (Å²) in [6, 6.07) is 8.60. The second-order valence-electron chi connectivity index (χ2n) is 6.69. The highest BCUT2D eigenvalue weighted by atomic mass is 35.5. The molecular weight excluding hydrogens is 320 g/mol. The Hall–Kier alpha value is -0.770. The topological polar surface area (TPSA) is 24.5 Å². The van der Waals surface area contributed by atoms with E-state index in [1.807, 2.05) is 0 Å². The van der Waals surface area contributed by atoms with Crippen LogP contribution in [0.3, 0.4) is 0 Å². The first-order valence-electron chi connectivity index (χ1n) is 9.59. The molecule has 1 aromatic rings. The van der Waals surface area contributed by atoms with Crippen molar-refractivity contribution < 1.29 is 4.74 Å². The number of nitrogens with zero attached hydrogens (tertiary/aromatic N) is 1. The van der Waals surface area contributed by atoms with Gasteiger partial charge in [-0.1, -0.05) is 25.0 Å². The molecule has 0 spiro atoms. The van der Waals surface area contributed by atoms with Crippen LogP contribution in [0.4, 0.5) is 0 Å². The van der Waals surface area contributed by atoms with Gasteiger partial charge in [0.05, 0.1) is 6.61 Å². The molecule has 0 amide bonds. The van der Waals surface area contributed by atoms with Gasteiger partial charge in [0.15, 0.2) is 0 Å². The zero-order valence-electron chi connectivity index (χ0n) is 14.9. The van der Waals surface area contributed by atoms with Crippen molar-refractivity contribution in [3.63, 3.8) is 0 Å². The molecule has 1 aromatic carbocycles. The van der Waals surface area contributed by atoms with Crippen LogP contribution >= 0.6 is 11.6 Å². The van der Waals surface area contributed by atoms with Crippen LogP contribution in [0.5, 0.6) is 5.75 Å². The largest absolute Gasteiger partial charge is 0.494 e. The zero-order valence-corrected chi connectivity index (χ0v) is 15.7. The van der Waals surface area contributed by atoms with Gasteiger partial charge in [-0.3, -0.25) is 4.90 Å². The summed E-state index contributed by atoms with van der Waals surface area (Å²) in [7, 11) is 0. The smallest absolute Gasteiger partial charge is 0.119 e. The van der Waals surface area contributed by atoms with E-state index in [0.717, 1.165) is 50.7 Å². The number of hydrogen-bond donors (Lipinski definition) is 1. The average Bonchev–Trinajstić information content (AvgIpc) is 2.61. The fourth-order valence-electron chi connectivity index (χ4n) is 3.14. The standard InChI is InChI=1S/C20H33ClN2O/c21-11-3-1-4-12-22-13-8-16-24-20-10-7-9-19(17-20)18-23-14-5-2-6-15-23/h7,9-10,17,22H,1-6,8,11-16,18H2. The van der Waals surface area contributed by atoms with Crippen LogP contribution < -0.4 is 10.1 Å². The molecule has 2 rings (SSSR count). The van der Waals surface area contributed by atoms with Gasteiger partial charge in [-0.2, -0.15) is 0 Å². The van der Waals surface area contributed by atoms with Crippen LogP contribution in [0.1, 0.15) is 50.5 Å². The Balaban J connectivity index is 1.56. The molecule has 0 unspecified atom stereocenters. The fraction of sp³-hybridized carbons (Fsp3) is 0.700. The van der Waals surface area contributed by atoms with Gasteiger partial charge in [0.1, 0.15) is 5.75 Å². The van der Waals surface area contributed by atoms with Gasteiger partial charge in [-0.25, -0.2) is 0 Å². The van der Waals surface area contributed by atoms with Gasteiger partial charge in [0.2, 0.25) is 0 Å². The SMILES string of the molecule is ClCCCCCNCCCOc1cccc(CN2CCCCC2)c1. The van der Waals surface area contributed by atoms with Crippen molar-refractivity contribution in [3.05, 3.63) is 29.8 Å². The minimum absolute atomic E-state index is 0.780. The number of hydrogen-bond acceptors (Lipinski definition) is 3. The average molecular weight is 353 g/mol. The van der Waals surface area contributed by atoms with E-state index < -0.39 is 0 Å². The summed E-state index contributed by atoms with van der Waals surface area (Å²) in [5.41, 5.74) is 1.37. The Bertz CT molecular complexity index is 435. The van der Waals surface area contributed by atoms with Crippen LogP contribution in [0.25, 0.3) is 0 Å². The molecule has 1 fully saturated rings. The van der Waals surface area contributed by atoms with Gasteiger partial charge < -0.3 is 10.1 Å². The molecule has 0 radical (unpaired) electrons. The van der Waals surface area contributed by atoms with Crippen molar-refractivity contribution in [3.8, 4) is 5.75 Å². The summed E-state index contributed by atoms with van der Waals surface area (Å²) in [5.74, 6) is 1.79. The van der Waals surface area contributed by atoms with Crippen molar-refractivity contribution in [2.45, 2.75) is 51.5 Å². The number of rotatable bonds is 12. The van der Waals surface area contributed by atoms with Gasteiger partial charge in [-0.15, -0.1) is 11.6 Å². The highest BCUT2D eigenvalue weighted by Crippen LogP contribution is 2.17. The maximum atomic E-state index is 5.90. The lowest BCUT2D eigenvalue weighted by Crippen LogP contribution is -2.29. The van der Waals surface area contributed by atoms with E-state index in [4.69, 9.17) is 16.3 Å². The molecular formula is C20H33ClN2O. The molecule has 1 aliphatic rings. The second kappa shape index (κ2) is 12.6. The maximum absolute atomic E-state index is 5.90. The summed E-state index contributed by atoms with van der Waals surface area (Å²) < 4.78 is 5.90. The molecule has 4 heteroatoms. The van der Waals surface area contributed by atoms with Crippen molar-refractivity contribution in [1.29, 1.82) is 0 Å². The van der Waals surface area contributed by atoms with E-state index in [-0.39, 0.29) is 0 Å². The van der Waals surface area contributed by atoms with Crippen molar-refractivity contribution in [2.75, 3.05) is 38.7 Å². The van der Waals surface area contributed by atoms with E-state index in [1.165, 1.54) is 50.8 Å². The molecule has 0 bridgehead atoms. The highest BCUT2D eigenvalue weighted by molar-refractivity contribution is 6.17. The quantitative estimate of drug-likeness (QED) is 0.444. The van der Waals surface area contributed by atoms with E-state index in [1.54, 1.807) is 0 Å². The first-order valence-corrected chi connectivity index (χ1v) is 10.1. The predicted octanol–water partition coefficient (Wildman–Crippen LogP) is 4.44.